The van der Waals surface area contributed by atoms with E-state index in [1.54, 1.807) is 35.6 Å². The number of rotatable bonds is 6. The number of aromatic nitrogens is 2. The number of hydrogen-bond acceptors (Lipinski definition) is 6. The standard InChI is InChI=1S/C24H29ClN4O3S/c1-2-8-27-9-7-19-20(16-27)33-23-21(19)22(30)29(18-5-3-17(25)4-6-18)24(31)28(23)11-10-26-12-14-32-15-13-26/h3-6H,2,7-16H2,1H3. The van der Waals surface area contributed by atoms with Gasteiger partial charge in [-0.2, -0.15) is 0 Å². The number of morpholine rings is 1. The zero-order valence-corrected chi connectivity index (χ0v) is 20.5. The third-order valence-corrected chi connectivity index (χ3v) is 8.06. The molecule has 2 aliphatic rings. The van der Waals surface area contributed by atoms with E-state index in [1.165, 1.54) is 9.44 Å². The molecule has 0 spiro atoms. The Bertz CT molecular complexity index is 1260. The van der Waals surface area contributed by atoms with Gasteiger partial charge in [-0.15, -0.1) is 11.3 Å². The van der Waals surface area contributed by atoms with Crippen LogP contribution in [0.15, 0.2) is 33.9 Å². The maximum absolute atomic E-state index is 13.7. The molecule has 1 fully saturated rings. The average Bonchev–Trinajstić information content (AvgIpc) is 3.20. The molecule has 176 valence electrons. The predicted molar refractivity (Wildman–Crippen MR) is 133 cm³/mol. The monoisotopic (exact) mass is 488 g/mol. The van der Waals surface area contributed by atoms with E-state index in [0.29, 0.717) is 22.6 Å². The Morgan fingerprint density at radius 2 is 1.76 bits per heavy atom. The van der Waals surface area contributed by atoms with Crippen LogP contribution < -0.4 is 11.2 Å². The number of nitrogens with zero attached hydrogens (tertiary/aromatic N) is 4. The quantitative estimate of drug-likeness (QED) is 0.534. The van der Waals surface area contributed by atoms with Crippen molar-refractivity contribution in [2.24, 2.45) is 0 Å². The van der Waals surface area contributed by atoms with E-state index >= 15 is 0 Å². The second-order valence-electron chi connectivity index (χ2n) is 8.72. The molecule has 2 aromatic heterocycles. The molecule has 7 nitrogen and oxygen atoms in total. The van der Waals surface area contributed by atoms with E-state index < -0.39 is 0 Å². The lowest BCUT2D eigenvalue weighted by Crippen LogP contribution is -2.43. The maximum atomic E-state index is 13.7. The number of ether oxygens (including phenoxy) is 1. The fraction of sp³-hybridized carbons (Fsp3) is 0.500. The van der Waals surface area contributed by atoms with Crippen molar-refractivity contribution in [3.63, 3.8) is 0 Å². The zero-order chi connectivity index (χ0) is 22.9. The smallest absolute Gasteiger partial charge is 0.336 e. The second-order valence-corrected chi connectivity index (χ2v) is 10.2. The highest BCUT2D eigenvalue weighted by Gasteiger charge is 2.26. The van der Waals surface area contributed by atoms with E-state index in [1.807, 2.05) is 4.57 Å². The summed E-state index contributed by atoms with van der Waals surface area (Å²) in [5.41, 5.74) is 1.17. The molecule has 33 heavy (non-hydrogen) atoms. The predicted octanol–water partition coefficient (Wildman–Crippen LogP) is 2.97. The fourth-order valence-corrected chi connectivity index (χ4v) is 6.37. The maximum Gasteiger partial charge on any atom is 0.336 e. The SMILES string of the molecule is CCCN1CCc2c(sc3c2c(=O)n(-c2ccc(Cl)cc2)c(=O)n3CCN2CCOCC2)C1. The summed E-state index contributed by atoms with van der Waals surface area (Å²) in [6.07, 6.45) is 1.95. The molecule has 0 bridgehead atoms. The lowest BCUT2D eigenvalue weighted by atomic mass is 10.1. The second kappa shape index (κ2) is 9.72. The Hall–Kier alpha value is -1.97. The highest BCUT2D eigenvalue weighted by Crippen LogP contribution is 2.33. The van der Waals surface area contributed by atoms with Gasteiger partial charge in [-0.25, -0.2) is 9.36 Å². The number of thiophene rings is 1. The number of benzene rings is 1. The van der Waals surface area contributed by atoms with Crippen molar-refractivity contribution >= 4 is 33.2 Å². The Kier molecular flexibility index (Phi) is 6.72. The highest BCUT2D eigenvalue weighted by molar-refractivity contribution is 7.18. The van der Waals surface area contributed by atoms with Gasteiger partial charge in [0.15, 0.2) is 0 Å². The number of halogens is 1. The van der Waals surface area contributed by atoms with Crippen molar-refractivity contribution in [3.8, 4) is 5.69 Å². The summed E-state index contributed by atoms with van der Waals surface area (Å²) in [6.45, 7) is 9.48. The molecule has 1 saturated heterocycles. The van der Waals surface area contributed by atoms with Gasteiger partial charge in [-0.05, 0) is 49.2 Å². The molecule has 9 heteroatoms. The van der Waals surface area contributed by atoms with Crippen molar-refractivity contribution < 1.29 is 4.74 Å². The number of hydrogen-bond donors (Lipinski definition) is 0. The van der Waals surface area contributed by atoms with E-state index in [2.05, 4.69) is 16.7 Å². The van der Waals surface area contributed by atoms with Crippen LogP contribution in [0.3, 0.4) is 0 Å². The van der Waals surface area contributed by atoms with E-state index in [-0.39, 0.29) is 11.2 Å². The number of fused-ring (bicyclic) bond motifs is 3. The van der Waals surface area contributed by atoms with E-state index in [0.717, 1.165) is 75.7 Å². The third kappa shape index (κ3) is 4.42. The van der Waals surface area contributed by atoms with Crippen LogP contribution in [0.1, 0.15) is 23.8 Å². The first-order valence-corrected chi connectivity index (χ1v) is 12.8. The molecule has 0 amide bonds. The Morgan fingerprint density at radius 1 is 1.00 bits per heavy atom. The van der Waals surface area contributed by atoms with Crippen LogP contribution in [0.5, 0.6) is 0 Å². The van der Waals surface area contributed by atoms with E-state index in [4.69, 9.17) is 16.3 Å². The molecule has 0 aliphatic carbocycles. The van der Waals surface area contributed by atoms with Crippen molar-refractivity contribution in [3.05, 3.63) is 60.6 Å². The van der Waals surface area contributed by atoms with Gasteiger partial charge in [-0.3, -0.25) is 19.2 Å². The molecule has 0 saturated carbocycles. The summed E-state index contributed by atoms with van der Waals surface area (Å²) >= 11 is 7.69. The van der Waals surface area contributed by atoms with Crippen molar-refractivity contribution in [2.45, 2.75) is 32.9 Å². The lowest BCUT2D eigenvalue weighted by Gasteiger charge is -2.27. The van der Waals surface area contributed by atoms with Gasteiger partial charge >= 0.3 is 5.69 Å². The molecule has 1 aromatic carbocycles. The van der Waals surface area contributed by atoms with Crippen LogP contribution in [-0.4, -0.2) is 64.9 Å². The van der Waals surface area contributed by atoms with Gasteiger partial charge < -0.3 is 4.74 Å². The van der Waals surface area contributed by atoms with Crippen LogP contribution >= 0.6 is 22.9 Å². The fourth-order valence-electron chi connectivity index (χ4n) is 4.85. The van der Waals surface area contributed by atoms with Crippen LogP contribution in [-0.2, 0) is 24.2 Å². The Morgan fingerprint density at radius 3 is 2.48 bits per heavy atom. The molecule has 5 rings (SSSR count). The lowest BCUT2D eigenvalue weighted by molar-refractivity contribution is 0.0364. The van der Waals surface area contributed by atoms with Crippen LogP contribution in [0.25, 0.3) is 15.9 Å². The molecule has 0 atom stereocenters. The van der Waals surface area contributed by atoms with Crippen molar-refractivity contribution in [1.29, 1.82) is 0 Å². The molecule has 4 heterocycles. The average molecular weight is 489 g/mol. The van der Waals surface area contributed by atoms with E-state index in [9.17, 15) is 9.59 Å². The molecular formula is C24H29ClN4O3S. The minimum atomic E-state index is -0.285. The Labute approximate surface area is 201 Å². The summed E-state index contributed by atoms with van der Waals surface area (Å²) in [4.78, 5) is 34.2. The van der Waals surface area contributed by atoms with Crippen molar-refractivity contribution in [1.82, 2.24) is 18.9 Å². The van der Waals surface area contributed by atoms with Gasteiger partial charge in [0.05, 0.1) is 24.3 Å². The first kappa shape index (κ1) is 22.8. The van der Waals surface area contributed by atoms with Crippen LogP contribution in [0.4, 0.5) is 0 Å². The first-order chi connectivity index (χ1) is 16.1. The molecular weight excluding hydrogens is 460 g/mol. The summed E-state index contributed by atoms with van der Waals surface area (Å²) in [7, 11) is 0. The molecule has 0 unspecified atom stereocenters. The highest BCUT2D eigenvalue weighted by atomic mass is 35.5. The first-order valence-electron chi connectivity index (χ1n) is 11.7. The molecule has 3 aromatic rings. The molecule has 0 N–H and O–H groups in total. The largest absolute Gasteiger partial charge is 0.379 e. The van der Waals surface area contributed by atoms with Gasteiger partial charge in [0.1, 0.15) is 4.83 Å². The normalized spacial score (nSPS) is 17.5. The molecule has 0 radical (unpaired) electrons. The molecule has 2 aliphatic heterocycles. The summed E-state index contributed by atoms with van der Waals surface area (Å²) in [5, 5.41) is 1.28. The van der Waals surface area contributed by atoms with Gasteiger partial charge in [0.2, 0.25) is 0 Å². The van der Waals surface area contributed by atoms with Gasteiger partial charge in [-0.1, -0.05) is 18.5 Å². The minimum absolute atomic E-state index is 0.221. The van der Waals surface area contributed by atoms with Crippen molar-refractivity contribution in [2.75, 3.05) is 45.9 Å². The van der Waals surface area contributed by atoms with Crippen LogP contribution in [0.2, 0.25) is 5.02 Å². The van der Waals surface area contributed by atoms with Crippen LogP contribution in [0, 0.1) is 0 Å². The van der Waals surface area contributed by atoms with Gasteiger partial charge in [0.25, 0.3) is 5.56 Å². The summed E-state index contributed by atoms with van der Waals surface area (Å²) in [6, 6.07) is 6.92. The van der Waals surface area contributed by atoms with Gasteiger partial charge in [0, 0.05) is 49.2 Å². The minimum Gasteiger partial charge on any atom is -0.379 e. The third-order valence-electron chi connectivity index (χ3n) is 6.57. The summed E-state index contributed by atoms with van der Waals surface area (Å²) in [5.74, 6) is 0. The zero-order valence-electron chi connectivity index (χ0n) is 18.9. The summed E-state index contributed by atoms with van der Waals surface area (Å²) < 4.78 is 8.60. The Balaban J connectivity index is 1.64. The topological polar surface area (TPSA) is 59.7 Å².